The Labute approximate surface area is 91.3 Å². The van der Waals surface area contributed by atoms with Gasteiger partial charge in [0.25, 0.3) is 0 Å². The van der Waals surface area contributed by atoms with Crippen molar-refractivity contribution in [2.45, 2.75) is 0 Å². The molecule has 0 N–H and O–H groups in total. The Morgan fingerprint density at radius 3 is 2.67 bits per heavy atom. The maximum atomic E-state index is 8.66. The first kappa shape index (κ1) is 9.45. The molecule has 0 saturated heterocycles. The van der Waals surface area contributed by atoms with Gasteiger partial charge in [-0.25, -0.2) is 0 Å². The molecule has 0 aliphatic carbocycles. The summed E-state index contributed by atoms with van der Waals surface area (Å²) in [6.45, 7) is 0. The van der Waals surface area contributed by atoms with Crippen LogP contribution in [0.15, 0.2) is 35.2 Å². The van der Waals surface area contributed by atoms with Gasteiger partial charge in [-0.3, -0.25) is 0 Å². The summed E-state index contributed by atoms with van der Waals surface area (Å²) in [6, 6.07) is 11.7. The number of nitrogens with zero attached hydrogens (tertiary/aromatic N) is 2. The maximum absolute atomic E-state index is 8.66. The van der Waals surface area contributed by atoms with Crippen molar-refractivity contribution < 1.29 is 0 Å². The molecule has 2 aromatic rings. The first-order valence-electron chi connectivity index (χ1n) is 4.33. The lowest BCUT2D eigenvalue weighted by Gasteiger charge is -1.90. The van der Waals surface area contributed by atoms with Crippen LogP contribution in [0.1, 0.15) is 5.56 Å². The summed E-state index contributed by atoms with van der Waals surface area (Å²) in [7, 11) is 0. The second-order valence-electron chi connectivity index (χ2n) is 2.97. The van der Waals surface area contributed by atoms with Crippen LogP contribution in [0.3, 0.4) is 0 Å². The van der Waals surface area contributed by atoms with Gasteiger partial charge in [-0.2, -0.15) is 10.5 Å². The van der Waals surface area contributed by atoms with Gasteiger partial charge in [0.05, 0.1) is 0 Å². The lowest BCUT2D eigenvalue weighted by molar-refractivity contribution is 1.47. The van der Waals surface area contributed by atoms with Crippen LogP contribution in [0.2, 0.25) is 0 Å². The summed E-state index contributed by atoms with van der Waals surface area (Å²) in [6.07, 6.45) is 1.62. The molecule has 1 aromatic heterocycles. The normalized spacial score (nSPS) is 9.20. The van der Waals surface area contributed by atoms with E-state index in [9.17, 15) is 0 Å². The molecule has 0 atom stereocenters. The van der Waals surface area contributed by atoms with Crippen molar-refractivity contribution in [2.24, 2.45) is 0 Å². The summed E-state index contributed by atoms with van der Waals surface area (Å²) in [5.74, 6) is 0. The van der Waals surface area contributed by atoms with E-state index in [1.807, 2.05) is 41.8 Å². The number of thiophene rings is 1. The van der Waals surface area contributed by atoms with Gasteiger partial charge in [-0.15, -0.1) is 11.3 Å². The second kappa shape index (κ2) is 3.96. The average molecular weight is 210 g/mol. The number of benzene rings is 1. The number of hydrogen-bond donors (Lipinski definition) is 0. The van der Waals surface area contributed by atoms with E-state index in [0.29, 0.717) is 0 Å². The van der Waals surface area contributed by atoms with Crippen LogP contribution in [-0.4, -0.2) is 0 Å². The van der Waals surface area contributed by atoms with E-state index in [1.54, 1.807) is 17.4 Å². The van der Waals surface area contributed by atoms with Gasteiger partial charge in [-0.05, 0) is 28.5 Å². The Balaban J connectivity index is 2.61. The van der Waals surface area contributed by atoms with Gasteiger partial charge in [0.15, 0.2) is 0 Å². The summed E-state index contributed by atoms with van der Waals surface area (Å²) in [5.41, 5.74) is 1.08. The van der Waals surface area contributed by atoms with Gasteiger partial charge in [0.2, 0.25) is 0 Å². The van der Waals surface area contributed by atoms with E-state index >= 15 is 0 Å². The van der Waals surface area contributed by atoms with Crippen molar-refractivity contribution in [3.05, 3.63) is 40.8 Å². The average Bonchev–Trinajstić information content (AvgIpc) is 2.69. The smallest absolute Gasteiger partial charge is 0.130 e. The fraction of sp³-hybridized carbons (Fsp3) is 0. The van der Waals surface area contributed by atoms with E-state index in [-0.39, 0.29) is 5.57 Å². The third-order valence-corrected chi connectivity index (χ3v) is 3.03. The summed E-state index contributed by atoms with van der Waals surface area (Å²) in [5, 5.41) is 20.4. The Morgan fingerprint density at radius 1 is 1.20 bits per heavy atom. The zero-order chi connectivity index (χ0) is 10.7. The summed E-state index contributed by atoms with van der Waals surface area (Å²) >= 11 is 1.61. The second-order valence-corrected chi connectivity index (χ2v) is 3.88. The van der Waals surface area contributed by atoms with Crippen LogP contribution >= 0.6 is 11.3 Å². The minimum atomic E-state index is 0.138. The highest BCUT2D eigenvalue weighted by Crippen LogP contribution is 2.27. The van der Waals surface area contributed by atoms with Crippen LogP contribution in [0.4, 0.5) is 0 Å². The largest absolute Gasteiger partial charge is 0.192 e. The van der Waals surface area contributed by atoms with E-state index in [0.717, 1.165) is 10.9 Å². The topological polar surface area (TPSA) is 47.6 Å². The Hall–Kier alpha value is -2.10. The van der Waals surface area contributed by atoms with E-state index < -0.39 is 0 Å². The Morgan fingerprint density at radius 2 is 1.93 bits per heavy atom. The zero-order valence-corrected chi connectivity index (χ0v) is 8.58. The van der Waals surface area contributed by atoms with E-state index in [1.165, 1.54) is 4.70 Å². The third kappa shape index (κ3) is 1.74. The van der Waals surface area contributed by atoms with Crippen LogP contribution in [0, 0.1) is 22.7 Å². The number of rotatable bonds is 1. The molecule has 0 saturated carbocycles. The Kier molecular flexibility index (Phi) is 2.49. The van der Waals surface area contributed by atoms with E-state index in [2.05, 4.69) is 0 Å². The minimum absolute atomic E-state index is 0.138. The molecule has 15 heavy (non-hydrogen) atoms. The van der Waals surface area contributed by atoms with Crippen LogP contribution < -0.4 is 0 Å². The van der Waals surface area contributed by atoms with Crippen molar-refractivity contribution in [3.8, 4) is 12.1 Å². The minimum Gasteiger partial charge on any atom is -0.192 e. The van der Waals surface area contributed by atoms with Crippen molar-refractivity contribution in [2.75, 3.05) is 0 Å². The number of nitriles is 2. The van der Waals surface area contributed by atoms with Gasteiger partial charge in [-0.1, -0.05) is 18.2 Å². The SMILES string of the molecule is N#CC(C#N)=Cc1csc2ccccc12. The maximum Gasteiger partial charge on any atom is 0.130 e. The molecule has 3 heteroatoms. The molecule has 1 aromatic carbocycles. The molecular formula is C12H6N2S. The molecule has 0 unspecified atom stereocenters. The Bertz CT molecular complexity index is 592. The standard InChI is InChI=1S/C12H6N2S/c13-6-9(7-14)5-10-8-15-12-4-2-1-3-11(10)12/h1-5,8H. The van der Waals surface area contributed by atoms with Gasteiger partial charge < -0.3 is 0 Å². The highest BCUT2D eigenvalue weighted by Gasteiger charge is 2.01. The van der Waals surface area contributed by atoms with Gasteiger partial charge in [0.1, 0.15) is 17.7 Å². The molecule has 0 amide bonds. The molecule has 2 rings (SSSR count). The lowest BCUT2D eigenvalue weighted by Crippen LogP contribution is -1.73. The molecule has 1 heterocycles. The van der Waals surface area contributed by atoms with Crippen molar-refractivity contribution in [1.29, 1.82) is 10.5 Å². The van der Waals surface area contributed by atoms with Crippen LogP contribution in [-0.2, 0) is 0 Å². The fourth-order valence-corrected chi connectivity index (χ4v) is 2.27. The van der Waals surface area contributed by atoms with Gasteiger partial charge >= 0.3 is 0 Å². The molecule has 0 spiro atoms. The predicted molar refractivity (Wildman–Crippen MR) is 61.0 cm³/mol. The van der Waals surface area contributed by atoms with Crippen molar-refractivity contribution in [3.63, 3.8) is 0 Å². The predicted octanol–water partition coefficient (Wildman–Crippen LogP) is 3.33. The monoisotopic (exact) mass is 210 g/mol. The van der Waals surface area contributed by atoms with Gasteiger partial charge in [0, 0.05) is 4.70 Å². The van der Waals surface area contributed by atoms with Crippen molar-refractivity contribution >= 4 is 27.5 Å². The molecule has 0 fully saturated rings. The zero-order valence-electron chi connectivity index (χ0n) is 7.77. The molecular weight excluding hydrogens is 204 g/mol. The molecule has 70 valence electrons. The highest BCUT2D eigenvalue weighted by molar-refractivity contribution is 7.17. The van der Waals surface area contributed by atoms with Crippen LogP contribution in [0.5, 0.6) is 0 Å². The lowest BCUT2D eigenvalue weighted by atomic mass is 10.1. The summed E-state index contributed by atoms with van der Waals surface area (Å²) < 4.78 is 1.17. The third-order valence-electron chi connectivity index (χ3n) is 2.05. The molecule has 2 nitrogen and oxygen atoms in total. The first-order valence-corrected chi connectivity index (χ1v) is 5.21. The first-order chi connectivity index (χ1) is 7.35. The molecule has 0 aliphatic heterocycles. The fourth-order valence-electron chi connectivity index (χ4n) is 1.36. The van der Waals surface area contributed by atoms with Crippen LogP contribution in [0.25, 0.3) is 16.2 Å². The molecule has 0 radical (unpaired) electrons. The summed E-state index contributed by atoms with van der Waals surface area (Å²) in [4.78, 5) is 0. The highest BCUT2D eigenvalue weighted by atomic mass is 32.1. The molecule has 0 aliphatic rings. The number of hydrogen-bond acceptors (Lipinski definition) is 3. The van der Waals surface area contributed by atoms with Crippen molar-refractivity contribution in [1.82, 2.24) is 0 Å². The van der Waals surface area contributed by atoms with E-state index in [4.69, 9.17) is 10.5 Å². The number of fused-ring (bicyclic) bond motifs is 1. The molecule has 0 bridgehead atoms. The number of allylic oxidation sites excluding steroid dienone is 1. The quantitative estimate of drug-likeness (QED) is 0.678.